The lowest BCUT2D eigenvalue weighted by Crippen LogP contribution is -1.97. The third-order valence-electron chi connectivity index (χ3n) is 2.80. The smallest absolute Gasteiger partial charge is 0.261 e. The Labute approximate surface area is 120 Å². The number of hydrogen-bond acceptors (Lipinski definition) is 5. The van der Waals surface area contributed by atoms with Crippen molar-refractivity contribution in [2.45, 2.75) is 6.61 Å². The zero-order valence-electron chi connectivity index (χ0n) is 11.0. The first kappa shape index (κ1) is 13.1. The number of nitrogen functional groups attached to an aromatic ring is 1. The highest BCUT2D eigenvalue weighted by atomic mass is 19.1. The Morgan fingerprint density at radius 1 is 1.14 bits per heavy atom. The van der Waals surface area contributed by atoms with Gasteiger partial charge in [0.05, 0.1) is 5.56 Å². The minimum Gasteiger partial charge on any atom is -0.485 e. The maximum Gasteiger partial charge on any atom is 0.261 e. The number of nitrogens with two attached hydrogens (primary N) is 1. The highest BCUT2D eigenvalue weighted by Gasteiger charge is 2.13. The molecule has 1 aromatic heterocycles. The first-order valence-corrected chi connectivity index (χ1v) is 6.28. The van der Waals surface area contributed by atoms with Gasteiger partial charge in [-0.3, -0.25) is 0 Å². The summed E-state index contributed by atoms with van der Waals surface area (Å²) in [7, 11) is 0. The van der Waals surface area contributed by atoms with Gasteiger partial charge in [-0.25, -0.2) is 4.39 Å². The average Bonchev–Trinajstić information content (AvgIpc) is 2.95. The maximum atomic E-state index is 13.8. The average molecular weight is 285 g/mol. The monoisotopic (exact) mass is 285 g/mol. The molecule has 3 rings (SSSR count). The lowest BCUT2D eigenvalue weighted by atomic mass is 10.2. The van der Waals surface area contributed by atoms with Gasteiger partial charge >= 0.3 is 0 Å². The van der Waals surface area contributed by atoms with Crippen LogP contribution in [0, 0.1) is 5.82 Å². The Bertz CT molecular complexity index is 744. The van der Waals surface area contributed by atoms with Crippen LogP contribution < -0.4 is 10.5 Å². The summed E-state index contributed by atoms with van der Waals surface area (Å²) in [6.07, 6.45) is 0. The molecule has 0 radical (unpaired) electrons. The molecule has 0 atom stereocenters. The molecular weight excluding hydrogens is 273 g/mol. The van der Waals surface area contributed by atoms with Gasteiger partial charge in [-0.1, -0.05) is 23.4 Å². The molecular formula is C15H12FN3O2. The molecule has 0 aliphatic heterocycles. The second kappa shape index (κ2) is 5.62. The summed E-state index contributed by atoms with van der Waals surface area (Å²) in [4.78, 5) is 4.10. The predicted octanol–water partition coefficient (Wildman–Crippen LogP) is 3.04. The van der Waals surface area contributed by atoms with Crippen LogP contribution in [0.1, 0.15) is 5.82 Å². The quantitative estimate of drug-likeness (QED) is 0.746. The zero-order valence-corrected chi connectivity index (χ0v) is 11.0. The van der Waals surface area contributed by atoms with E-state index in [0.29, 0.717) is 17.3 Å². The Morgan fingerprint density at radius 2 is 1.95 bits per heavy atom. The largest absolute Gasteiger partial charge is 0.485 e. The fourth-order valence-corrected chi connectivity index (χ4v) is 1.79. The number of halogens is 1. The van der Waals surface area contributed by atoms with Crippen molar-refractivity contribution in [1.82, 2.24) is 10.1 Å². The zero-order chi connectivity index (χ0) is 14.7. The second-order valence-electron chi connectivity index (χ2n) is 4.36. The Morgan fingerprint density at radius 3 is 2.71 bits per heavy atom. The normalized spacial score (nSPS) is 10.5. The van der Waals surface area contributed by atoms with E-state index in [1.807, 2.05) is 30.3 Å². The van der Waals surface area contributed by atoms with Crippen LogP contribution >= 0.6 is 0 Å². The van der Waals surface area contributed by atoms with Gasteiger partial charge in [0.25, 0.3) is 5.89 Å². The van der Waals surface area contributed by atoms with E-state index in [9.17, 15) is 4.39 Å². The van der Waals surface area contributed by atoms with Crippen molar-refractivity contribution in [2.24, 2.45) is 0 Å². The lowest BCUT2D eigenvalue weighted by molar-refractivity contribution is 0.287. The molecule has 0 spiro atoms. The number of hydrogen-bond donors (Lipinski definition) is 1. The summed E-state index contributed by atoms with van der Waals surface area (Å²) in [6, 6.07) is 13.5. The predicted molar refractivity (Wildman–Crippen MR) is 74.9 cm³/mol. The molecule has 0 amide bonds. The molecule has 0 aliphatic rings. The molecule has 2 N–H and O–H groups in total. The van der Waals surface area contributed by atoms with E-state index in [-0.39, 0.29) is 18.1 Å². The van der Waals surface area contributed by atoms with Crippen LogP contribution in [0.5, 0.6) is 5.75 Å². The summed E-state index contributed by atoms with van der Waals surface area (Å²) < 4.78 is 24.3. The van der Waals surface area contributed by atoms with Crippen molar-refractivity contribution in [3.63, 3.8) is 0 Å². The van der Waals surface area contributed by atoms with Crippen LogP contribution in [0.4, 0.5) is 10.1 Å². The van der Waals surface area contributed by atoms with Gasteiger partial charge in [-0.15, -0.1) is 0 Å². The number of para-hydroxylation sites is 1. The van der Waals surface area contributed by atoms with Gasteiger partial charge in [-0.05, 0) is 30.3 Å². The first-order chi connectivity index (χ1) is 10.2. The number of benzene rings is 2. The van der Waals surface area contributed by atoms with Crippen LogP contribution in [0.25, 0.3) is 11.5 Å². The van der Waals surface area contributed by atoms with Gasteiger partial charge in [0.15, 0.2) is 6.61 Å². The van der Waals surface area contributed by atoms with Crippen molar-refractivity contribution < 1.29 is 13.7 Å². The van der Waals surface area contributed by atoms with Gasteiger partial charge in [0.2, 0.25) is 5.82 Å². The van der Waals surface area contributed by atoms with E-state index >= 15 is 0 Å². The van der Waals surface area contributed by atoms with E-state index in [1.54, 1.807) is 6.07 Å². The van der Waals surface area contributed by atoms with Gasteiger partial charge in [-0.2, -0.15) is 4.98 Å². The van der Waals surface area contributed by atoms with Crippen molar-refractivity contribution in [1.29, 1.82) is 0 Å². The Balaban J connectivity index is 1.74. The topological polar surface area (TPSA) is 74.2 Å². The van der Waals surface area contributed by atoms with Gasteiger partial charge < -0.3 is 15.0 Å². The van der Waals surface area contributed by atoms with E-state index in [1.165, 1.54) is 12.1 Å². The van der Waals surface area contributed by atoms with Crippen LogP contribution in [-0.2, 0) is 6.61 Å². The standard InChI is InChI=1S/C15H12FN3O2/c16-13-8-10(17)6-7-12(13)15-18-14(19-21-15)9-20-11-4-2-1-3-5-11/h1-8H,9,17H2. The highest BCUT2D eigenvalue weighted by Crippen LogP contribution is 2.23. The van der Waals surface area contributed by atoms with E-state index in [4.69, 9.17) is 15.0 Å². The van der Waals surface area contributed by atoms with Gasteiger partial charge in [0.1, 0.15) is 11.6 Å². The molecule has 0 fully saturated rings. The maximum absolute atomic E-state index is 13.8. The molecule has 0 saturated carbocycles. The molecule has 106 valence electrons. The van der Waals surface area contributed by atoms with Crippen LogP contribution in [0.2, 0.25) is 0 Å². The number of anilines is 1. The van der Waals surface area contributed by atoms with E-state index < -0.39 is 5.82 Å². The van der Waals surface area contributed by atoms with Crippen LogP contribution in [-0.4, -0.2) is 10.1 Å². The fourth-order valence-electron chi connectivity index (χ4n) is 1.79. The molecule has 0 saturated heterocycles. The van der Waals surface area contributed by atoms with Crippen LogP contribution in [0.3, 0.4) is 0 Å². The van der Waals surface area contributed by atoms with Crippen molar-refractivity contribution in [3.05, 3.63) is 60.2 Å². The molecule has 21 heavy (non-hydrogen) atoms. The van der Waals surface area contributed by atoms with E-state index in [0.717, 1.165) is 0 Å². The molecule has 0 aliphatic carbocycles. The van der Waals surface area contributed by atoms with Crippen molar-refractivity contribution in [3.8, 4) is 17.2 Å². The minimum atomic E-state index is -0.505. The Hall–Kier alpha value is -2.89. The van der Waals surface area contributed by atoms with Crippen molar-refractivity contribution >= 4 is 5.69 Å². The summed E-state index contributed by atoms with van der Waals surface area (Å²) in [5, 5.41) is 3.76. The Kier molecular flexibility index (Phi) is 3.51. The van der Waals surface area contributed by atoms with Gasteiger partial charge in [0, 0.05) is 5.69 Å². The third-order valence-corrected chi connectivity index (χ3v) is 2.80. The number of aromatic nitrogens is 2. The fraction of sp³-hybridized carbons (Fsp3) is 0.0667. The highest BCUT2D eigenvalue weighted by molar-refractivity contribution is 5.58. The summed E-state index contributed by atoms with van der Waals surface area (Å²) in [6.45, 7) is 0.143. The molecule has 0 unspecified atom stereocenters. The number of nitrogens with zero attached hydrogens (tertiary/aromatic N) is 2. The third kappa shape index (κ3) is 3.00. The van der Waals surface area contributed by atoms with E-state index in [2.05, 4.69) is 10.1 Å². The summed E-state index contributed by atoms with van der Waals surface area (Å²) in [5.74, 6) is 0.626. The summed E-state index contributed by atoms with van der Waals surface area (Å²) >= 11 is 0. The molecule has 5 nitrogen and oxygen atoms in total. The van der Waals surface area contributed by atoms with Crippen molar-refractivity contribution in [2.75, 3.05) is 5.73 Å². The second-order valence-corrected chi connectivity index (χ2v) is 4.36. The molecule has 1 heterocycles. The molecule has 2 aromatic carbocycles. The number of rotatable bonds is 4. The molecule has 3 aromatic rings. The van der Waals surface area contributed by atoms with Crippen LogP contribution in [0.15, 0.2) is 53.1 Å². The first-order valence-electron chi connectivity index (χ1n) is 6.28. The lowest BCUT2D eigenvalue weighted by Gasteiger charge is -2.01. The SMILES string of the molecule is Nc1ccc(-c2nc(COc3ccccc3)no2)c(F)c1. The molecule has 0 bridgehead atoms. The minimum absolute atomic E-state index is 0.0964. The summed E-state index contributed by atoms with van der Waals surface area (Å²) in [5.41, 5.74) is 6.04. The molecule has 6 heteroatoms. The number of ether oxygens (including phenoxy) is 1.